The molecule has 31 heavy (non-hydrogen) atoms. The summed E-state index contributed by atoms with van der Waals surface area (Å²) in [7, 11) is 0. The van der Waals surface area contributed by atoms with Crippen LogP contribution in [0.1, 0.15) is 25.8 Å². The van der Waals surface area contributed by atoms with Crippen molar-refractivity contribution in [2.24, 2.45) is 0 Å². The molecule has 2 aliphatic heterocycles. The third-order valence-electron chi connectivity index (χ3n) is 6.13. The van der Waals surface area contributed by atoms with E-state index >= 15 is 0 Å². The lowest BCUT2D eigenvalue weighted by Gasteiger charge is -2.46. The van der Waals surface area contributed by atoms with Gasteiger partial charge in [-0.25, -0.2) is 0 Å². The molecule has 2 N–H and O–H groups in total. The van der Waals surface area contributed by atoms with Crippen molar-refractivity contribution >= 4 is 28.9 Å². The van der Waals surface area contributed by atoms with Gasteiger partial charge in [-0.1, -0.05) is 11.6 Å². The first-order valence-electron chi connectivity index (χ1n) is 10.9. The standard InChI is InChI=1S/C24H30ClN3O3/c1-16-12-27(20-6-4-19(25)5-7-20)13-17(2)28(16)14-21(29)15-31-22-8-9-23-18(11-22)3-10-24(30)26-23/h4-9,11,16-17,21,29H,3,10,12-15H2,1-2H3,(H,26,30)/t16-,17+,21?. The van der Waals surface area contributed by atoms with Crippen LogP contribution in [0, 0.1) is 0 Å². The van der Waals surface area contributed by atoms with Gasteiger partial charge in [-0.05, 0) is 68.3 Å². The largest absolute Gasteiger partial charge is 0.491 e. The minimum atomic E-state index is -0.581. The zero-order chi connectivity index (χ0) is 22.0. The van der Waals surface area contributed by atoms with E-state index in [2.05, 4.69) is 41.1 Å². The van der Waals surface area contributed by atoms with Gasteiger partial charge in [0.05, 0.1) is 0 Å². The highest BCUT2D eigenvalue weighted by Crippen LogP contribution is 2.27. The van der Waals surface area contributed by atoms with Gasteiger partial charge in [-0.2, -0.15) is 0 Å². The first-order valence-corrected chi connectivity index (χ1v) is 11.3. The Morgan fingerprint density at radius 2 is 1.84 bits per heavy atom. The van der Waals surface area contributed by atoms with Crippen LogP contribution >= 0.6 is 11.6 Å². The fraction of sp³-hybridized carbons (Fsp3) is 0.458. The molecule has 2 aromatic carbocycles. The molecule has 7 heteroatoms. The number of fused-ring (bicyclic) bond motifs is 1. The number of benzene rings is 2. The summed E-state index contributed by atoms with van der Waals surface area (Å²) in [6.07, 6.45) is 0.632. The van der Waals surface area contributed by atoms with E-state index in [1.807, 2.05) is 30.3 Å². The van der Waals surface area contributed by atoms with Crippen LogP contribution in [-0.4, -0.2) is 60.3 Å². The van der Waals surface area contributed by atoms with Crippen LogP contribution in [0.15, 0.2) is 42.5 Å². The smallest absolute Gasteiger partial charge is 0.224 e. The number of aliphatic hydroxyl groups is 1. The number of amides is 1. The normalized spacial score (nSPS) is 22.6. The number of anilines is 2. The summed E-state index contributed by atoms with van der Waals surface area (Å²) in [6, 6.07) is 14.2. The molecule has 0 radical (unpaired) electrons. The number of β-amino-alcohol motifs (C(OH)–C–C–N with tert-alkyl or cyclic N) is 1. The van der Waals surface area contributed by atoms with E-state index in [1.165, 1.54) is 5.69 Å². The highest BCUT2D eigenvalue weighted by molar-refractivity contribution is 6.30. The highest BCUT2D eigenvalue weighted by atomic mass is 35.5. The van der Waals surface area contributed by atoms with E-state index in [9.17, 15) is 9.90 Å². The number of halogens is 1. The van der Waals surface area contributed by atoms with E-state index in [0.717, 1.165) is 35.1 Å². The molecule has 3 atom stereocenters. The predicted octanol–water partition coefficient (Wildman–Crippen LogP) is 3.56. The molecule has 1 fully saturated rings. The maximum absolute atomic E-state index is 11.5. The molecular weight excluding hydrogens is 414 g/mol. The second-order valence-corrected chi connectivity index (χ2v) is 9.04. The monoisotopic (exact) mass is 443 g/mol. The van der Waals surface area contributed by atoms with E-state index < -0.39 is 6.10 Å². The zero-order valence-corrected chi connectivity index (χ0v) is 18.8. The Labute approximate surface area is 188 Å². The topological polar surface area (TPSA) is 65.0 Å². The van der Waals surface area contributed by atoms with Crippen molar-refractivity contribution in [2.45, 2.75) is 44.9 Å². The summed E-state index contributed by atoms with van der Waals surface area (Å²) in [6.45, 7) is 7.00. The summed E-state index contributed by atoms with van der Waals surface area (Å²) in [5.41, 5.74) is 3.10. The van der Waals surface area contributed by atoms with Gasteiger partial charge in [-0.3, -0.25) is 9.69 Å². The molecule has 0 aromatic heterocycles. The summed E-state index contributed by atoms with van der Waals surface area (Å²) in [5, 5.41) is 14.3. The van der Waals surface area contributed by atoms with Gasteiger partial charge in [0.2, 0.25) is 5.91 Å². The Morgan fingerprint density at radius 1 is 1.13 bits per heavy atom. The fourth-order valence-corrected chi connectivity index (χ4v) is 4.64. The Kier molecular flexibility index (Phi) is 6.70. The van der Waals surface area contributed by atoms with E-state index in [0.29, 0.717) is 31.5 Å². The number of hydrogen-bond donors (Lipinski definition) is 2. The molecule has 0 saturated carbocycles. The summed E-state index contributed by atoms with van der Waals surface area (Å²) >= 11 is 6.02. The molecule has 2 aliphatic rings. The number of hydrogen-bond acceptors (Lipinski definition) is 5. The summed E-state index contributed by atoms with van der Waals surface area (Å²) < 4.78 is 5.86. The van der Waals surface area contributed by atoms with Crippen molar-refractivity contribution in [1.29, 1.82) is 0 Å². The first-order chi connectivity index (χ1) is 14.9. The molecule has 1 amide bonds. The Morgan fingerprint density at radius 3 is 2.55 bits per heavy atom. The van der Waals surface area contributed by atoms with Crippen molar-refractivity contribution in [3.8, 4) is 5.75 Å². The molecule has 0 spiro atoms. The molecular formula is C24H30ClN3O3. The van der Waals surface area contributed by atoms with Crippen LogP contribution in [0.25, 0.3) is 0 Å². The number of piperazine rings is 1. The lowest BCUT2D eigenvalue weighted by Crippen LogP contribution is -2.58. The van der Waals surface area contributed by atoms with Gasteiger partial charge in [0.25, 0.3) is 0 Å². The van der Waals surface area contributed by atoms with Crippen LogP contribution in [0.4, 0.5) is 11.4 Å². The van der Waals surface area contributed by atoms with Crippen molar-refractivity contribution in [3.63, 3.8) is 0 Å². The first kappa shape index (κ1) is 21.9. The van der Waals surface area contributed by atoms with Crippen molar-refractivity contribution in [1.82, 2.24) is 4.90 Å². The van der Waals surface area contributed by atoms with Crippen LogP contribution in [0.3, 0.4) is 0 Å². The number of rotatable bonds is 6. The number of nitrogens with one attached hydrogen (secondary N) is 1. The second-order valence-electron chi connectivity index (χ2n) is 8.61. The highest BCUT2D eigenvalue weighted by Gasteiger charge is 2.31. The molecule has 2 heterocycles. The molecule has 2 aromatic rings. The van der Waals surface area contributed by atoms with Gasteiger partial charge < -0.3 is 20.1 Å². The Bertz CT molecular complexity index is 909. The van der Waals surface area contributed by atoms with Crippen LogP contribution in [0.2, 0.25) is 5.02 Å². The van der Waals surface area contributed by atoms with Gasteiger partial charge in [0.1, 0.15) is 18.5 Å². The van der Waals surface area contributed by atoms with Crippen molar-refractivity contribution in [2.75, 3.05) is 36.5 Å². The van der Waals surface area contributed by atoms with Gasteiger partial charge in [0.15, 0.2) is 0 Å². The third kappa shape index (κ3) is 5.32. The molecule has 0 bridgehead atoms. The van der Waals surface area contributed by atoms with Crippen LogP contribution < -0.4 is 15.0 Å². The van der Waals surface area contributed by atoms with E-state index in [-0.39, 0.29) is 12.5 Å². The SMILES string of the molecule is C[C@@H]1CN(c2ccc(Cl)cc2)C[C@H](C)N1CC(O)COc1ccc2c(c1)CCC(=O)N2. The maximum Gasteiger partial charge on any atom is 0.224 e. The van der Waals surface area contributed by atoms with Gasteiger partial charge in [-0.15, -0.1) is 0 Å². The number of ether oxygens (including phenoxy) is 1. The zero-order valence-electron chi connectivity index (χ0n) is 18.1. The molecule has 1 saturated heterocycles. The Hall–Kier alpha value is -2.28. The number of aliphatic hydroxyl groups excluding tert-OH is 1. The minimum absolute atomic E-state index is 0.0518. The number of nitrogens with zero attached hydrogens (tertiary/aromatic N) is 2. The quantitative estimate of drug-likeness (QED) is 0.714. The van der Waals surface area contributed by atoms with E-state index in [4.69, 9.17) is 16.3 Å². The molecule has 1 unspecified atom stereocenters. The minimum Gasteiger partial charge on any atom is -0.491 e. The van der Waals surface area contributed by atoms with Crippen LogP contribution in [0.5, 0.6) is 5.75 Å². The number of carbonyl (C=O) groups is 1. The van der Waals surface area contributed by atoms with Crippen molar-refractivity contribution in [3.05, 3.63) is 53.1 Å². The number of aryl methyl sites for hydroxylation is 1. The second kappa shape index (κ2) is 9.47. The third-order valence-corrected chi connectivity index (χ3v) is 6.38. The van der Waals surface area contributed by atoms with Crippen LogP contribution in [-0.2, 0) is 11.2 Å². The molecule has 166 valence electrons. The average molecular weight is 444 g/mol. The molecule has 6 nitrogen and oxygen atoms in total. The lowest BCUT2D eigenvalue weighted by atomic mass is 10.0. The van der Waals surface area contributed by atoms with Gasteiger partial charge in [0, 0.05) is 54.5 Å². The molecule has 4 rings (SSSR count). The van der Waals surface area contributed by atoms with Crippen molar-refractivity contribution < 1.29 is 14.6 Å². The summed E-state index contributed by atoms with van der Waals surface area (Å²) in [4.78, 5) is 16.2. The average Bonchev–Trinajstić information content (AvgIpc) is 2.75. The predicted molar refractivity (Wildman–Crippen MR) is 124 cm³/mol. The lowest BCUT2D eigenvalue weighted by molar-refractivity contribution is -0.116. The maximum atomic E-state index is 11.5. The van der Waals surface area contributed by atoms with E-state index in [1.54, 1.807) is 0 Å². The van der Waals surface area contributed by atoms with Gasteiger partial charge >= 0.3 is 0 Å². The fourth-order valence-electron chi connectivity index (χ4n) is 4.52. The molecule has 0 aliphatic carbocycles. The number of carbonyl (C=O) groups excluding carboxylic acids is 1. The Balaban J connectivity index is 1.30. The summed E-state index contributed by atoms with van der Waals surface area (Å²) in [5.74, 6) is 0.776.